The molecule has 150 valence electrons. The largest absolute Gasteiger partial charge is 0.495 e. The van der Waals surface area contributed by atoms with Crippen molar-refractivity contribution in [2.45, 2.75) is 13.3 Å². The molecular formula is C21H20FN3O3S. The summed E-state index contributed by atoms with van der Waals surface area (Å²) in [4.78, 5) is 28.6. The van der Waals surface area contributed by atoms with E-state index in [-0.39, 0.29) is 12.4 Å². The first-order chi connectivity index (χ1) is 14.0. The van der Waals surface area contributed by atoms with Crippen LogP contribution in [0.4, 0.5) is 10.1 Å². The number of carbonyl (C=O) groups is 2. The first kappa shape index (κ1) is 20.5. The van der Waals surface area contributed by atoms with Crippen LogP contribution in [0.15, 0.2) is 47.8 Å². The van der Waals surface area contributed by atoms with Gasteiger partial charge < -0.3 is 15.4 Å². The van der Waals surface area contributed by atoms with Gasteiger partial charge in [-0.05, 0) is 36.8 Å². The Morgan fingerprint density at radius 2 is 2.00 bits per heavy atom. The lowest BCUT2D eigenvalue weighted by Crippen LogP contribution is -2.36. The minimum atomic E-state index is -0.771. The quantitative estimate of drug-likeness (QED) is 0.606. The Morgan fingerprint density at radius 3 is 2.76 bits per heavy atom. The van der Waals surface area contributed by atoms with Crippen LogP contribution < -0.4 is 15.4 Å². The minimum Gasteiger partial charge on any atom is -0.495 e. The van der Waals surface area contributed by atoms with E-state index in [1.54, 1.807) is 24.3 Å². The normalized spacial score (nSPS) is 10.4. The summed E-state index contributed by atoms with van der Waals surface area (Å²) in [6.45, 7) is 2.13. The number of ether oxygens (including phenoxy) is 1. The molecule has 29 heavy (non-hydrogen) atoms. The average Bonchev–Trinajstić information content (AvgIpc) is 3.17. The van der Waals surface area contributed by atoms with E-state index in [2.05, 4.69) is 15.6 Å². The van der Waals surface area contributed by atoms with Crippen LogP contribution in [-0.2, 0) is 16.0 Å². The van der Waals surface area contributed by atoms with E-state index in [0.29, 0.717) is 28.4 Å². The van der Waals surface area contributed by atoms with Crippen molar-refractivity contribution in [3.63, 3.8) is 0 Å². The summed E-state index contributed by atoms with van der Waals surface area (Å²) < 4.78 is 18.5. The zero-order valence-corrected chi connectivity index (χ0v) is 16.8. The van der Waals surface area contributed by atoms with E-state index < -0.39 is 11.8 Å². The number of anilines is 1. The SMILES string of the molecule is COc1ccc(C)cc1NC(=O)C(=O)NCCc1csc(-c2cccc(F)c2)n1. The number of hydrogen-bond donors (Lipinski definition) is 2. The fourth-order valence-corrected chi connectivity index (χ4v) is 3.51. The topological polar surface area (TPSA) is 80.3 Å². The highest BCUT2D eigenvalue weighted by molar-refractivity contribution is 7.13. The highest BCUT2D eigenvalue weighted by Gasteiger charge is 2.16. The highest BCUT2D eigenvalue weighted by Crippen LogP contribution is 2.25. The van der Waals surface area contributed by atoms with Crippen LogP contribution in [0.5, 0.6) is 5.75 Å². The van der Waals surface area contributed by atoms with Gasteiger partial charge in [-0.15, -0.1) is 11.3 Å². The van der Waals surface area contributed by atoms with Crippen LogP contribution in [-0.4, -0.2) is 30.5 Å². The first-order valence-electron chi connectivity index (χ1n) is 8.90. The molecule has 0 unspecified atom stereocenters. The number of rotatable bonds is 6. The summed E-state index contributed by atoms with van der Waals surface area (Å²) in [5.41, 5.74) is 2.83. The lowest BCUT2D eigenvalue weighted by molar-refractivity contribution is -0.136. The molecule has 0 radical (unpaired) electrons. The number of amides is 2. The van der Waals surface area contributed by atoms with Crippen molar-refractivity contribution < 1.29 is 18.7 Å². The number of nitrogens with one attached hydrogen (secondary N) is 2. The van der Waals surface area contributed by atoms with E-state index in [1.807, 2.05) is 18.4 Å². The Bertz CT molecular complexity index is 1040. The fourth-order valence-electron chi connectivity index (χ4n) is 2.66. The van der Waals surface area contributed by atoms with Gasteiger partial charge in [0.1, 0.15) is 16.6 Å². The molecule has 2 amide bonds. The van der Waals surface area contributed by atoms with Crippen LogP contribution >= 0.6 is 11.3 Å². The smallest absolute Gasteiger partial charge is 0.313 e. The number of benzene rings is 2. The van der Waals surface area contributed by atoms with Gasteiger partial charge in [0.05, 0.1) is 18.5 Å². The molecule has 0 saturated heterocycles. The molecule has 0 bridgehead atoms. The summed E-state index contributed by atoms with van der Waals surface area (Å²) in [5, 5.41) is 7.69. The van der Waals surface area contributed by atoms with E-state index >= 15 is 0 Å². The number of aryl methyl sites for hydroxylation is 1. The molecule has 0 aliphatic carbocycles. The van der Waals surface area contributed by atoms with Crippen molar-refractivity contribution in [2.75, 3.05) is 19.0 Å². The van der Waals surface area contributed by atoms with Crippen molar-refractivity contribution in [3.8, 4) is 16.3 Å². The Hall–Kier alpha value is -3.26. The number of halogens is 1. The molecule has 0 aliphatic heterocycles. The molecular weight excluding hydrogens is 393 g/mol. The second-order valence-electron chi connectivity index (χ2n) is 6.32. The first-order valence-corrected chi connectivity index (χ1v) is 9.78. The maximum absolute atomic E-state index is 13.3. The Labute approximate surface area is 171 Å². The maximum atomic E-state index is 13.3. The fraction of sp³-hybridized carbons (Fsp3) is 0.190. The summed E-state index contributed by atoms with van der Waals surface area (Å²) in [6.07, 6.45) is 0.457. The molecule has 6 nitrogen and oxygen atoms in total. The van der Waals surface area contributed by atoms with Crippen LogP contribution in [0.3, 0.4) is 0 Å². The van der Waals surface area contributed by atoms with Gasteiger partial charge in [0.2, 0.25) is 0 Å². The average molecular weight is 413 g/mol. The lowest BCUT2D eigenvalue weighted by atomic mass is 10.2. The third-order valence-electron chi connectivity index (χ3n) is 4.10. The van der Waals surface area contributed by atoms with Crippen LogP contribution in [0.25, 0.3) is 10.6 Å². The van der Waals surface area contributed by atoms with E-state index in [9.17, 15) is 14.0 Å². The molecule has 1 aromatic heterocycles. The molecule has 2 N–H and O–H groups in total. The summed E-state index contributed by atoms with van der Waals surface area (Å²) in [6, 6.07) is 11.5. The van der Waals surface area contributed by atoms with Crippen LogP contribution in [0, 0.1) is 12.7 Å². The van der Waals surface area contributed by atoms with Crippen molar-refractivity contribution in [3.05, 3.63) is 64.9 Å². The second kappa shape index (κ2) is 9.29. The Balaban J connectivity index is 1.52. The van der Waals surface area contributed by atoms with Gasteiger partial charge in [0, 0.05) is 23.9 Å². The third kappa shape index (κ3) is 5.39. The number of carbonyl (C=O) groups excluding carboxylic acids is 2. The third-order valence-corrected chi connectivity index (χ3v) is 5.04. The molecule has 0 saturated carbocycles. The molecule has 0 spiro atoms. The monoisotopic (exact) mass is 413 g/mol. The number of aromatic nitrogens is 1. The highest BCUT2D eigenvalue weighted by atomic mass is 32.1. The van der Waals surface area contributed by atoms with Crippen molar-refractivity contribution in [1.82, 2.24) is 10.3 Å². The zero-order chi connectivity index (χ0) is 20.8. The molecule has 2 aromatic carbocycles. The predicted octanol–water partition coefficient (Wildman–Crippen LogP) is 3.56. The van der Waals surface area contributed by atoms with Gasteiger partial charge in [0.15, 0.2) is 0 Å². The lowest BCUT2D eigenvalue weighted by Gasteiger charge is -2.11. The van der Waals surface area contributed by atoms with Gasteiger partial charge in [-0.3, -0.25) is 9.59 Å². The van der Waals surface area contributed by atoms with E-state index in [1.165, 1.54) is 30.6 Å². The minimum absolute atomic E-state index is 0.254. The number of methoxy groups -OCH3 is 1. The molecule has 1 heterocycles. The van der Waals surface area contributed by atoms with Gasteiger partial charge in [-0.1, -0.05) is 18.2 Å². The predicted molar refractivity (Wildman–Crippen MR) is 111 cm³/mol. The second-order valence-corrected chi connectivity index (χ2v) is 7.18. The molecule has 0 fully saturated rings. The number of hydrogen-bond acceptors (Lipinski definition) is 5. The molecule has 0 atom stereocenters. The van der Waals surface area contributed by atoms with Crippen LogP contribution in [0.1, 0.15) is 11.3 Å². The van der Waals surface area contributed by atoms with Gasteiger partial charge >= 0.3 is 11.8 Å². The van der Waals surface area contributed by atoms with E-state index in [4.69, 9.17) is 4.74 Å². The molecule has 3 rings (SSSR count). The standard InChI is InChI=1S/C21H20FN3O3S/c1-13-6-7-18(28-2)17(10-13)25-20(27)19(26)23-9-8-16-12-29-21(24-16)14-4-3-5-15(22)11-14/h3-7,10-12H,8-9H2,1-2H3,(H,23,26)(H,25,27). The van der Waals surface area contributed by atoms with E-state index in [0.717, 1.165) is 11.3 Å². The van der Waals surface area contributed by atoms with Crippen LogP contribution in [0.2, 0.25) is 0 Å². The summed E-state index contributed by atoms with van der Waals surface area (Å²) in [7, 11) is 1.49. The van der Waals surface area contributed by atoms with Gasteiger partial charge in [0.25, 0.3) is 0 Å². The Kier molecular flexibility index (Phi) is 6.56. The van der Waals surface area contributed by atoms with Crippen molar-refractivity contribution in [1.29, 1.82) is 0 Å². The zero-order valence-electron chi connectivity index (χ0n) is 16.0. The molecule has 3 aromatic rings. The molecule has 0 aliphatic rings. The summed E-state index contributed by atoms with van der Waals surface area (Å²) >= 11 is 1.40. The van der Waals surface area contributed by atoms with Crippen molar-refractivity contribution >= 4 is 28.8 Å². The summed E-state index contributed by atoms with van der Waals surface area (Å²) in [5.74, 6) is -1.35. The number of nitrogens with zero attached hydrogens (tertiary/aromatic N) is 1. The maximum Gasteiger partial charge on any atom is 0.313 e. The van der Waals surface area contributed by atoms with Crippen molar-refractivity contribution in [2.24, 2.45) is 0 Å². The molecule has 8 heteroatoms. The Morgan fingerprint density at radius 1 is 1.17 bits per heavy atom. The van der Waals surface area contributed by atoms with Gasteiger partial charge in [-0.2, -0.15) is 0 Å². The van der Waals surface area contributed by atoms with Gasteiger partial charge in [-0.25, -0.2) is 9.37 Å². The number of thiazole rings is 1.